The third-order valence-electron chi connectivity index (χ3n) is 4.17. The molecule has 0 fully saturated rings. The van der Waals surface area contributed by atoms with Gasteiger partial charge in [-0.2, -0.15) is 0 Å². The van der Waals surface area contributed by atoms with E-state index in [1.807, 2.05) is 0 Å². The minimum Gasteiger partial charge on any atom is -0.497 e. The van der Waals surface area contributed by atoms with Gasteiger partial charge in [-0.15, -0.1) is 0 Å². The summed E-state index contributed by atoms with van der Waals surface area (Å²) in [6.07, 6.45) is 1.24. The summed E-state index contributed by atoms with van der Waals surface area (Å²) in [4.78, 5) is 22.7. The van der Waals surface area contributed by atoms with Gasteiger partial charge in [0, 0.05) is 31.2 Å². The van der Waals surface area contributed by atoms with Crippen LogP contribution in [0.3, 0.4) is 0 Å². The summed E-state index contributed by atoms with van der Waals surface area (Å²) in [7, 11) is -0.721. The lowest BCUT2D eigenvalue weighted by atomic mass is 10.2. The lowest BCUT2D eigenvalue weighted by molar-refractivity contribution is -0.384. The molecule has 0 saturated heterocycles. The SMILES string of the molecule is COc1ccc(OC)c(NC(=O)CCCN(c2cccc([N+](=O)[O-])c2)S(C)(=O)=O)c1. The van der Waals surface area contributed by atoms with Crippen LogP contribution in [0.5, 0.6) is 11.5 Å². The van der Waals surface area contributed by atoms with Crippen LogP contribution in [-0.4, -0.2) is 46.3 Å². The van der Waals surface area contributed by atoms with Crippen LogP contribution in [0.4, 0.5) is 17.1 Å². The Morgan fingerprint density at radius 3 is 2.50 bits per heavy atom. The van der Waals surface area contributed by atoms with Gasteiger partial charge < -0.3 is 14.8 Å². The van der Waals surface area contributed by atoms with E-state index < -0.39 is 14.9 Å². The summed E-state index contributed by atoms with van der Waals surface area (Å²) in [6.45, 7) is -0.0112. The fourth-order valence-electron chi connectivity index (χ4n) is 2.76. The second-order valence-electron chi connectivity index (χ2n) is 6.33. The Hall–Kier alpha value is -3.34. The van der Waals surface area contributed by atoms with Crippen molar-refractivity contribution < 1.29 is 27.6 Å². The highest BCUT2D eigenvalue weighted by atomic mass is 32.2. The zero-order chi connectivity index (χ0) is 22.3. The summed E-state index contributed by atoms with van der Waals surface area (Å²) < 4.78 is 35.7. The van der Waals surface area contributed by atoms with Crippen LogP contribution < -0.4 is 19.1 Å². The number of nitro groups is 1. The van der Waals surface area contributed by atoms with Crippen molar-refractivity contribution in [2.24, 2.45) is 0 Å². The quantitative estimate of drug-likeness (QED) is 0.447. The fourth-order valence-corrected chi connectivity index (χ4v) is 3.71. The van der Waals surface area contributed by atoms with Crippen molar-refractivity contribution in [3.05, 3.63) is 52.6 Å². The van der Waals surface area contributed by atoms with Crippen molar-refractivity contribution in [3.8, 4) is 11.5 Å². The topological polar surface area (TPSA) is 128 Å². The van der Waals surface area contributed by atoms with E-state index in [-0.39, 0.29) is 36.7 Å². The summed E-state index contributed by atoms with van der Waals surface area (Å²) in [5, 5.41) is 13.7. The van der Waals surface area contributed by atoms with Crippen molar-refractivity contribution in [2.75, 3.05) is 36.6 Å². The molecule has 0 atom stereocenters. The van der Waals surface area contributed by atoms with Crippen LogP contribution in [0.2, 0.25) is 0 Å². The van der Waals surface area contributed by atoms with Crippen molar-refractivity contribution in [1.29, 1.82) is 0 Å². The predicted molar refractivity (Wildman–Crippen MR) is 113 cm³/mol. The van der Waals surface area contributed by atoms with Gasteiger partial charge in [-0.1, -0.05) is 6.07 Å². The zero-order valence-corrected chi connectivity index (χ0v) is 17.6. The highest BCUT2D eigenvalue weighted by Crippen LogP contribution is 2.29. The first-order valence-corrected chi connectivity index (χ1v) is 10.7. The van der Waals surface area contributed by atoms with Gasteiger partial charge in [0.2, 0.25) is 15.9 Å². The smallest absolute Gasteiger partial charge is 0.271 e. The highest BCUT2D eigenvalue weighted by Gasteiger charge is 2.20. The van der Waals surface area contributed by atoms with E-state index in [2.05, 4.69) is 5.32 Å². The van der Waals surface area contributed by atoms with E-state index in [0.717, 1.165) is 10.6 Å². The maximum atomic E-state index is 12.3. The van der Waals surface area contributed by atoms with Crippen LogP contribution in [0.15, 0.2) is 42.5 Å². The van der Waals surface area contributed by atoms with Crippen molar-refractivity contribution in [1.82, 2.24) is 0 Å². The number of nitro benzene ring substituents is 1. The Kier molecular flexibility index (Phi) is 7.59. The van der Waals surface area contributed by atoms with Gasteiger partial charge >= 0.3 is 0 Å². The number of benzene rings is 2. The Morgan fingerprint density at radius 1 is 1.17 bits per heavy atom. The summed E-state index contributed by atoms with van der Waals surface area (Å²) in [6, 6.07) is 10.3. The van der Waals surface area contributed by atoms with Gasteiger partial charge in [-0.3, -0.25) is 19.2 Å². The van der Waals surface area contributed by atoms with Gasteiger partial charge in [0.05, 0.1) is 36.8 Å². The van der Waals surface area contributed by atoms with Crippen LogP contribution in [0.25, 0.3) is 0 Å². The van der Waals surface area contributed by atoms with Gasteiger partial charge in [-0.05, 0) is 24.6 Å². The standard InChI is InChI=1S/C19H23N3O7S/c1-28-16-9-10-18(29-2)17(13-16)20-19(23)8-5-11-21(30(3,26)27)14-6-4-7-15(12-14)22(24)25/h4,6-7,9-10,12-13H,5,8,11H2,1-3H3,(H,20,23). The molecular formula is C19H23N3O7S. The van der Waals surface area contributed by atoms with Crippen LogP contribution >= 0.6 is 0 Å². The minimum atomic E-state index is -3.69. The average molecular weight is 437 g/mol. The van der Waals surface area contributed by atoms with Crippen molar-refractivity contribution in [3.63, 3.8) is 0 Å². The first-order valence-electron chi connectivity index (χ1n) is 8.89. The monoisotopic (exact) mass is 437 g/mol. The Balaban J connectivity index is 2.06. The maximum Gasteiger partial charge on any atom is 0.271 e. The number of nitrogens with one attached hydrogen (secondary N) is 1. The number of ether oxygens (including phenoxy) is 2. The molecule has 11 heteroatoms. The van der Waals surface area contributed by atoms with Gasteiger partial charge in [-0.25, -0.2) is 8.42 Å². The largest absolute Gasteiger partial charge is 0.497 e. The molecule has 0 aliphatic rings. The minimum absolute atomic E-state index is 0.0112. The molecule has 162 valence electrons. The molecule has 10 nitrogen and oxygen atoms in total. The molecule has 1 N–H and O–H groups in total. The number of carbonyl (C=O) groups excluding carboxylic acids is 1. The number of non-ortho nitro benzene ring substituents is 1. The average Bonchev–Trinajstić information content (AvgIpc) is 2.70. The van der Waals surface area contributed by atoms with Crippen molar-refractivity contribution in [2.45, 2.75) is 12.8 Å². The summed E-state index contributed by atoms with van der Waals surface area (Å²) in [5.74, 6) is 0.660. The van der Waals surface area contributed by atoms with Gasteiger partial charge in [0.25, 0.3) is 5.69 Å². The summed E-state index contributed by atoms with van der Waals surface area (Å²) in [5.41, 5.74) is 0.381. The molecule has 1 amide bonds. The molecule has 2 aromatic rings. The normalized spacial score (nSPS) is 10.9. The molecule has 0 heterocycles. The molecule has 30 heavy (non-hydrogen) atoms. The zero-order valence-electron chi connectivity index (χ0n) is 16.8. The van der Waals surface area contributed by atoms with Crippen LogP contribution in [0, 0.1) is 10.1 Å². The van der Waals surface area contributed by atoms with E-state index in [4.69, 9.17) is 9.47 Å². The number of nitrogens with zero attached hydrogens (tertiary/aromatic N) is 2. The molecular weight excluding hydrogens is 414 g/mol. The number of hydrogen-bond donors (Lipinski definition) is 1. The first-order chi connectivity index (χ1) is 14.2. The predicted octanol–water partition coefficient (Wildman–Crippen LogP) is 2.80. The lowest BCUT2D eigenvalue weighted by Gasteiger charge is -2.22. The second-order valence-corrected chi connectivity index (χ2v) is 8.24. The number of sulfonamides is 1. The highest BCUT2D eigenvalue weighted by molar-refractivity contribution is 7.92. The lowest BCUT2D eigenvalue weighted by Crippen LogP contribution is -2.31. The van der Waals surface area contributed by atoms with Gasteiger partial charge in [0.1, 0.15) is 11.5 Å². The molecule has 0 unspecified atom stereocenters. The van der Waals surface area contributed by atoms with E-state index in [0.29, 0.717) is 17.2 Å². The molecule has 2 rings (SSSR count). The van der Waals surface area contributed by atoms with E-state index >= 15 is 0 Å². The molecule has 2 aromatic carbocycles. The van der Waals surface area contributed by atoms with Crippen molar-refractivity contribution >= 4 is 33.0 Å². The maximum absolute atomic E-state index is 12.3. The first kappa shape index (κ1) is 22.9. The number of methoxy groups -OCH3 is 2. The molecule has 0 aromatic heterocycles. The fraction of sp³-hybridized carbons (Fsp3) is 0.316. The van der Waals surface area contributed by atoms with Gasteiger partial charge in [0.15, 0.2) is 0 Å². The number of anilines is 2. The number of carbonyl (C=O) groups is 1. The summed E-state index contributed by atoms with van der Waals surface area (Å²) >= 11 is 0. The number of amides is 1. The van der Waals surface area contributed by atoms with E-state index in [9.17, 15) is 23.3 Å². The molecule has 0 aliphatic carbocycles. The third kappa shape index (κ3) is 6.08. The number of rotatable bonds is 10. The van der Waals surface area contributed by atoms with E-state index in [1.54, 1.807) is 18.2 Å². The second kappa shape index (κ2) is 9.92. The van der Waals surface area contributed by atoms with E-state index in [1.165, 1.54) is 38.5 Å². The molecule has 0 saturated carbocycles. The molecule has 0 radical (unpaired) electrons. The Morgan fingerprint density at radius 2 is 1.90 bits per heavy atom. The van der Waals surface area contributed by atoms with Crippen LogP contribution in [-0.2, 0) is 14.8 Å². The number of hydrogen-bond acceptors (Lipinski definition) is 7. The van der Waals surface area contributed by atoms with Crippen LogP contribution in [0.1, 0.15) is 12.8 Å². The molecule has 0 spiro atoms. The Labute approximate surface area is 174 Å². The molecule has 0 aliphatic heterocycles. The Bertz CT molecular complexity index is 1020. The molecule has 0 bridgehead atoms. The third-order valence-corrected chi connectivity index (χ3v) is 5.37.